The molecule has 3 aromatic rings. The standard InChI is InChI=1S/C25H28N4O3S/c1-27(22-10-4-2-5-11-22)33(31,32)24-14-8-9-21(19-24)26-25(30)20-28-15-17-29(18-16-28)23-12-6-3-7-13-23/h2-14,19H,15-18,20H2,1H3,(H,26,30). The minimum Gasteiger partial charge on any atom is -0.369 e. The molecule has 0 saturated carbocycles. The van der Waals surface area contributed by atoms with Gasteiger partial charge in [-0.25, -0.2) is 8.42 Å². The summed E-state index contributed by atoms with van der Waals surface area (Å²) in [5.41, 5.74) is 2.23. The number of anilines is 3. The predicted octanol–water partition coefficient (Wildman–Crippen LogP) is 3.27. The number of rotatable bonds is 7. The Morgan fingerprint density at radius 1 is 0.879 bits per heavy atom. The van der Waals surface area contributed by atoms with Crippen LogP contribution in [0.5, 0.6) is 0 Å². The maximum atomic E-state index is 13.0. The molecule has 8 heteroatoms. The Morgan fingerprint density at radius 3 is 2.18 bits per heavy atom. The summed E-state index contributed by atoms with van der Waals surface area (Å²) in [4.78, 5) is 17.2. The van der Waals surface area contributed by atoms with E-state index in [-0.39, 0.29) is 17.3 Å². The molecule has 3 aromatic carbocycles. The average Bonchev–Trinajstić information content (AvgIpc) is 2.85. The van der Waals surface area contributed by atoms with E-state index in [1.54, 1.807) is 36.4 Å². The van der Waals surface area contributed by atoms with E-state index in [2.05, 4.69) is 27.2 Å². The quantitative estimate of drug-likeness (QED) is 0.581. The van der Waals surface area contributed by atoms with Crippen LogP contribution in [-0.4, -0.2) is 59.0 Å². The van der Waals surface area contributed by atoms with Crippen LogP contribution in [0.1, 0.15) is 0 Å². The van der Waals surface area contributed by atoms with Crippen LogP contribution in [0.25, 0.3) is 0 Å². The molecule has 1 fully saturated rings. The molecule has 1 amide bonds. The average molecular weight is 465 g/mol. The highest BCUT2D eigenvalue weighted by atomic mass is 32.2. The molecule has 0 radical (unpaired) electrons. The van der Waals surface area contributed by atoms with Gasteiger partial charge in [0.2, 0.25) is 5.91 Å². The van der Waals surface area contributed by atoms with E-state index in [9.17, 15) is 13.2 Å². The van der Waals surface area contributed by atoms with Crippen LogP contribution >= 0.6 is 0 Å². The van der Waals surface area contributed by atoms with Gasteiger partial charge < -0.3 is 10.2 Å². The number of nitrogens with one attached hydrogen (secondary N) is 1. The van der Waals surface area contributed by atoms with Crippen molar-refractivity contribution in [2.45, 2.75) is 4.90 Å². The summed E-state index contributed by atoms with van der Waals surface area (Å²) in [5, 5.41) is 2.85. The second-order valence-corrected chi connectivity index (χ2v) is 9.95. The Morgan fingerprint density at radius 2 is 1.52 bits per heavy atom. The van der Waals surface area contributed by atoms with Gasteiger partial charge in [-0.3, -0.25) is 14.0 Å². The van der Waals surface area contributed by atoms with Crippen LogP contribution in [0.3, 0.4) is 0 Å². The molecule has 0 bridgehead atoms. The summed E-state index contributed by atoms with van der Waals surface area (Å²) in [6.45, 7) is 3.56. The fourth-order valence-corrected chi connectivity index (χ4v) is 5.12. The molecule has 0 unspecified atom stereocenters. The van der Waals surface area contributed by atoms with Gasteiger partial charge in [0.15, 0.2) is 0 Å². The van der Waals surface area contributed by atoms with E-state index in [0.717, 1.165) is 26.2 Å². The molecule has 1 saturated heterocycles. The Balaban J connectivity index is 1.35. The third-order valence-corrected chi connectivity index (χ3v) is 7.54. The molecule has 33 heavy (non-hydrogen) atoms. The van der Waals surface area contributed by atoms with Crippen LogP contribution in [0, 0.1) is 0 Å². The monoisotopic (exact) mass is 464 g/mol. The largest absolute Gasteiger partial charge is 0.369 e. The number of hydrogen-bond acceptors (Lipinski definition) is 5. The SMILES string of the molecule is CN(c1ccccc1)S(=O)(=O)c1cccc(NC(=O)CN2CCN(c3ccccc3)CC2)c1. The lowest BCUT2D eigenvalue weighted by atomic mass is 10.2. The molecule has 0 aliphatic carbocycles. The molecule has 1 aliphatic heterocycles. The Labute approximate surface area is 195 Å². The summed E-state index contributed by atoms with van der Waals surface area (Å²) in [6.07, 6.45) is 0. The first-order valence-electron chi connectivity index (χ1n) is 10.9. The molecule has 0 atom stereocenters. The molecule has 1 heterocycles. The Hall–Kier alpha value is -3.36. The maximum Gasteiger partial charge on any atom is 0.264 e. The third-order valence-electron chi connectivity index (χ3n) is 5.76. The van der Waals surface area contributed by atoms with Gasteiger partial charge in [-0.05, 0) is 42.5 Å². The number of benzene rings is 3. The Kier molecular flexibility index (Phi) is 6.96. The molecule has 4 rings (SSSR count). The molecule has 7 nitrogen and oxygen atoms in total. The van der Waals surface area contributed by atoms with Gasteiger partial charge in [0.1, 0.15) is 0 Å². The minimum atomic E-state index is -3.74. The minimum absolute atomic E-state index is 0.128. The normalized spacial score (nSPS) is 14.6. The summed E-state index contributed by atoms with van der Waals surface area (Å²) < 4.78 is 27.3. The number of carbonyl (C=O) groups excluding carboxylic acids is 1. The van der Waals surface area contributed by atoms with Crippen LogP contribution in [0.4, 0.5) is 17.1 Å². The van der Waals surface area contributed by atoms with Crippen LogP contribution in [0.15, 0.2) is 89.8 Å². The van der Waals surface area contributed by atoms with Crippen molar-refractivity contribution in [1.82, 2.24) is 4.90 Å². The first-order chi connectivity index (χ1) is 15.9. The van der Waals surface area contributed by atoms with Crippen LogP contribution in [0.2, 0.25) is 0 Å². The first-order valence-corrected chi connectivity index (χ1v) is 12.3. The summed E-state index contributed by atoms with van der Waals surface area (Å²) in [6, 6.07) is 25.5. The summed E-state index contributed by atoms with van der Waals surface area (Å²) >= 11 is 0. The highest BCUT2D eigenvalue weighted by molar-refractivity contribution is 7.92. The fourth-order valence-electron chi connectivity index (χ4n) is 3.88. The van der Waals surface area contributed by atoms with Crippen molar-refractivity contribution in [3.05, 3.63) is 84.9 Å². The van der Waals surface area contributed by atoms with Gasteiger partial charge in [-0.1, -0.05) is 42.5 Å². The van der Waals surface area contributed by atoms with Gasteiger partial charge in [-0.2, -0.15) is 0 Å². The Bertz CT molecular complexity index is 1180. The number of amides is 1. The second kappa shape index (κ2) is 10.1. The molecular formula is C25H28N4O3S. The van der Waals surface area contributed by atoms with Crippen LogP contribution < -0.4 is 14.5 Å². The number of carbonyl (C=O) groups is 1. The highest BCUT2D eigenvalue weighted by Crippen LogP contribution is 2.23. The third kappa shape index (κ3) is 5.53. The van der Waals surface area contributed by atoms with Crippen molar-refractivity contribution in [3.63, 3.8) is 0 Å². The lowest BCUT2D eigenvalue weighted by molar-refractivity contribution is -0.117. The number of piperazine rings is 1. The first kappa shape index (κ1) is 22.8. The topological polar surface area (TPSA) is 73.0 Å². The van der Waals surface area contributed by atoms with Crippen molar-refractivity contribution in [2.75, 3.05) is 54.3 Å². The van der Waals surface area contributed by atoms with Gasteiger partial charge in [0.05, 0.1) is 17.1 Å². The molecule has 0 aromatic heterocycles. The van der Waals surface area contributed by atoms with Crippen molar-refractivity contribution in [1.29, 1.82) is 0 Å². The van der Waals surface area contributed by atoms with Crippen molar-refractivity contribution < 1.29 is 13.2 Å². The zero-order chi connectivity index (χ0) is 23.3. The van der Waals surface area contributed by atoms with Crippen molar-refractivity contribution in [3.8, 4) is 0 Å². The summed E-state index contributed by atoms with van der Waals surface area (Å²) in [5.74, 6) is -0.158. The fraction of sp³-hybridized carbons (Fsp3) is 0.240. The van der Waals surface area contributed by atoms with E-state index in [4.69, 9.17) is 0 Å². The van der Waals surface area contributed by atoms with Crippen LogP contribution in [-0.2, 0) is 14.8 Å². The maximum absolute atomic E-state index is 13.0. The number of para-hydroxylation sites is 2. The molecule has 0 spiro atoms. The number of sulfonamides is 1. The smallest absolute Gasteiger partial charge is 0.264 e. The van der Waals surface area contributed by atoms with Crippen molar-refractivity contribution >= 4 is 33.0 Å². The van der Waals surface area contributed by atoms with Gasteiger partial charge in [0.25, 0.3) is 10.0 Å². The van der Waals surface area contributed by atoms with E-state index in [0.29, 0.717) is 11.4 Å². The molecular weight excluding hydrogens is 436 g/mol. The summed E-state index contributed by atoms with van der Waals surface area (Å²) in [7, 11) is -2.23. The van der Waals surface area contributed by atoms with Gasteiger partial charge in [-0.15, -0.1) is 0 Å². The van der Waals surface area contributed by atoms with Gasteiger partial charge >= 0.3 is 0 Å². The van der Waals surface area contributed by atoms with Crippen molar-refractivity contribution in [2.24, 2.45) is 0 Å². The van der Waals surface area contributed by atoms with E-state index in [1.165, 1.54) is 29.2 Å². The van der Waals surface area contributed by atoms with E-state index >= 15 is 0 Å². The molecule has 172 valence electrons. The van der Waals surface area contributed by atoms with E-state index < -0.39 is 10.0 Å². The molecule has 1 aliphatic rings. The predicted molar refractivity (Wildman–Crippen MR) is 132 cm³/mol. The molecule has 1 N–H and O–H groups in total. The zero-order valence-electron chi connectivity index (χ0n) is 18.6. The zero-order valence-corrected chi connectivity index (χ0v) is 19.4. The lowest BCUT2D eigenvalue weighted by Gasteiger charge is -2.35. The lowest BCUT2D eigenvalue weighted by Crippen LogP contribution is -2.48. The van der Waals surface area contributed by atoms with Gasteiger partial charge in [0, 0.05) is 44.6 Å². The second-order valence-electron chi connectivity index (χ2n) is 7.98. The highest BCUT2D eigenvalue weighted by Gasteiger charge is 2.22. The number of hydrogen-bond donors (Lipinski definition) is 1. The van der Waals surface area contributed by atoms with E-state index in [1.807, 2.05) is 24.3 Å². The number of nitrogens with zero attached hydrogens (tertiary/aromatic N) is 3.